The van der Waals surface area contributed by atoms with Crippen molar-refractivity contribution in [2.45, 2.75) is 24.3 Å². The van der Waals surface area contributed by atoms with E-state index in [1.54, 1.807) is 0 Å². The molecule has 0 amide bonds. The van der Waals surface area contributed by atoms with E-state index in [2.05, 4.69) is 0 Å². The Morgan fingerprint density at radius 2 is 1.94 bits per heavy atom. The third kappa shape index (κ3) is 2.58. The van der Waals surface area contributed by atoms with Crippen LogP contribution in [-0.4, -0.2) is 20.6 Å². The predicted molar refractivity (Wildman–Crippen MR) is 57.9 cm³/mol. The molecule has 1 aromatic carbocycles. The molecule has 0 saturated carbocycles. The molecule has 0 radical (unpaired) electrons. The molecule has 90 valence electrons. The fourth-order valence-electron chi connectivity index (χ4n) is 1.21. The molecule has 0 atom stereocenters. The second kappa shape index (κ2) is 4.12. The Hall–Kier alpha value is -0.980. The molecule has 0 saturated heterocycles. The first-order valence-corrected chi connectivity index (χ1v) is 6.13. The van der Waals surface area contributed by atoms with Gasteiger partial charge in [0.25, 0.3) is 0 Å². The lowest BCUT2D eigenvalue weighted by Gasteiger charge is -2.18. The van der Waals surface area contributed by atoms with Crippen molar-refractivity contribution < 1.29 is 17.9 Å². The van der Waals surface area contributed by atoms with E-state index in [0.717, 1.165) is 12.1 Å². The summed E-state index contributed by atoms with van der Waals surface area (Å²) in [6.07, 6.45) is 0. The van der Waals surface area contributed by atoms with Crippen molar-refractivity contribution >= 4 is 10.0 Å². The van der Waals surface area contributed by atoms with Crippen LogP contribution < -0.4 is 4.72 Å². The van der Waals surface area contributed by atoms with Crippen LogP contribution in [-0.2, 0) is 15.6 Å². The lowest BCUT2D eigenvalue weighted by Crippen LogP contribution is -2.21. The highest BCUT2D eigenvalue weighted by Gasteiger charge is 2.21. The molecule has 16 heavy (non-hydrogen) atoms. The zero-order valence-electron chi connectivity index (χ0n) is 9.28. The van der Waals surface area contributed by atoms with Crippen LogP contribution in [0.1, 0.15) is 19.4 Å². The lowest BCUT2D eigenvalue weighted by molar-refractivity contribution is 0.0781. The van der Waals surface area contributed by atoms with Crippen molar-refractivity contribution in [2.75, 3.05) is 7.05 Å². The van der Waals surface area contributed by atoms with Crippen molar-refractivity contribution in [1.29, 1.82) is 0 Å². The second-order valence-electron chi connectivity index (χ2n) is 3.91. The van der Waals surface area contributed by atoms with Gasteiger partial charge in [-0.25, -0.2) is 17.5 Å². The maximum Gasteiger partial charge on any atom is 0.243 e. The van der Waals surface area contributed by atoms with Crippen molar-refractivity contribution in [2.24, 2.45) is 0 Å². The summed E-state index contributed by atoms with van der Waals surface area (Å²) in [5.74, 6) is -0.881. The summed E-state index contributed by atoms with van der Waals surface area (Å²) in [4.78, 5) is -0.428. The normalized spacial score (nSPS) is 12.8. The Morgan fingerprint density at radius 3 is 2.31 bits per heavy atom. The number of hydrogen-bond donors (Lipinski definition) is 2. The summed E-state index contributed by atoms with van der Waals surface area (Å²) in [5.41, 5.74) is -0.886. The summed E-state index contributed by atoms with van der Waals surface area (Å²) >= 11 is 0. The van der Waals surface area contributed by atoms with E-state index in [1.165, 1.54) is 27.0 Å². The fourth-order valence-corrected chi connectivity index (χ4v) is 1.99. The maximum absolute atomic E-state index is 13.5. The number of halogens is 1. The smallest absolute Gasteiger partial charge is 0.243 e. The molecule has 0 spiro atoms. The predicted octanol–water partition coefficient (Wildman–Crippen LogP) is 0.961. The van der Waals surface area contributed by atoms with Crippen LogP contribution in [0.3, 0.4) is 0 Å². The second-order valence-corrected chi connectivity index (χ2v) is 5.77. The zero-order chi connectivity index (χ0) is 12.6. The molecule has 0 fully saturated rings. The molecule has 0 heterocycles. The molecule has 2 N–H and O–H groups in total. The third-order valence-electron chi connectivity index (χ3n) is 2.20. The fraction of sp³-hybridized carbons (Fsp3) is 0.400. The molecule has 0 aliphatic rings. The van der Waals surface area contributed by atoms with E-state index in [-0.39, 0.29) is 0 Å². The first-order valence-electron chi connectivity index (χ1n) is 4.64. The van der Waals surface area contributed by atoms with Crippen LogP contribution in [0.2, 0.25) is 0 Å². The van der Waals surface area contributed by atoms with E-state index in [9.17, 15) is 17.9 Å². The van der Waals surface area contributed by atoms with Gasteiger partial charge < -0.3 is 5.11 Å². The Bertz CT molecular complexity index is 491. The number of aliphatic hydroxyl groups is 1. The lowest BCUT2D eigenvalue weighted by atomic mass is 9.99. The molecule has 1 aromatic rings. The van der Waals surface area contributed by atoms with Crippen molar-refractivity contribution in [3.8, 4) is 0 Å². The van der Waals surface area contributed by atoms with Crippen molar-refractivity contribution in [3.05, 3.63) is 29.6 Å². The molecular formula is C10H14FNO3S. The molecule has 0 aromatic heterocycles. The minimum absolute atomic E-state index is 0.319. The van der Waals surface area contributed by atoms with Crippen molar-refractivity contribution in [3.63, 3.8) is 0 Å². The van der Waals surface area contributed by atoms with Gasteiger partial charge in [0.1, 0.15) is 10.7 Å². The van der Waals surface area contributed by atoms with Crippen LogP contribution in [0, 0.1) is 5.82 Å². The Morgan fingerprint density at radius 1 is 1.38 bits per heavy atom. The van der Waals surface area contributed by atoms with Gasteiger partial charge in [-0.15, -0.1) is 0 Å². The molecule has 0 unspecified atom stereocenters. The number of sulfonamides is 1. The van der Waals surface area contributed by atoms with Gasteiger partial charge in [0.05, 0.1) is 5.60 Å². The van der Waals surface area contributed by atoms with Gasteiger partial charge in [-0.2, -0.15) is 0 Å². The van der Waals surface area contributed by atoms with Crippen LogP contribution in [0.15, 0.2) is 23.1 Å². The average molecular weight is 247 g/mol. The average Bonchev–Trinajstić information content (AvgIpc) is 2.16. The molecule has 6 heteroatoms. The van der Waals surface area contributed by atoms with Gasteiger partial charge in [-0.3, -0.25) is 0 Å². The molecule has 1 rings (SSSR count). The Balaban J connectivity index is 3.32. The minimum atomic E-state index is -3.80. The van der Waals surface area contributed by atoms with Gasteiger partial charge in [-0.1, -0.05) is 6.07 Å². The summed E-state index contributed by atoms with van der Waals surface area (Å²) in [7, 11) is -2.59. The molecule has 4 nitrogen and oxygen atoms in total. The highest BCUT2D eigenvalue weighted by Crippen LogP contribution is 2.23. The van der Waals surface area contributed by atoms with Crippen LogP contribution >= 0.6 is 0 Å². The SMILES string of the molecule is CNS(=O)(=O)c1ccc(C(C)(C)O)cc1F. The van der Waals surface area contributed by atoms with Crippen LogP contribution in [0.4, 0.5) is 4.39 Å². The van der Waals surface area contributed by atoms with E-state index < -0.39 is 26.3 Å². The summed E-state index contributed by atoms with van der Waals surface area (Å²) in [6.45, 7) is 2.99. The standard InChI is InChI=1S/C10H14FNO3S/c1-10(2,13)7-4-5-9(8(11)6-7)16(14,15)12-3/h4-6,12-13H,1-3H3. The topological polar surface area (TPSA) is 66.4 Å². The molecular weight excluding hydrogens is 233 g/mol. The van der Waals surface area contributed by atoms with Crippen molar-refractivity contribution in [1.82, 2.24) is 4.72 Å². The van der Waals surface area contributed by atoms with E-state index in [0.29, 0.717) is 5.56 Å². The summed E-state index contributed by atoms with van der Waals surface area (Å²) < 4.78 is 38.3. The van der Waals surface area contributed by atoms with Crippen LogP contribution in [0.25, 0.3) is 0 Å². The van der Waals surface area contributed by atoms with Gasteiger partial charge >= 0.3 is 0 Å². The summed E-state index contributed by atoms with van der Waals surface area (Å²) in [6, 6.07) is 3.53. The Kier molecular flexibility index (Phi) is 3.37. The minimum Gasteiger partial charge on any atom is -0.386 e. The maximum atomic E-state index is 13.5. The van der Waals surface area contributed by atoms with Gasteiger partial charge in [0.15, 0.2) is 0 Å². The first kappa shape index (κ1) is 13.1. The number of nitrogens with one attached hydrogen (secondary N) is 1. The quantitative estimate of drug-likeness (QED) is 0.836. The largest absolute Gasteiger partial charge is 0.386 e. The van der Waals surface area contributed by atoms with Gasteiger partial charge in [0, 0.05) is 0 Å². The van der Waals surface area contributed by atoms with E-state index in [1.807, 2.05) is 4.72 Å². The van der Waals surface area contributed by atoms with Gasteiger partial charge in [0.2, 0.25) is 10.0 Å². The number of rotatable bonds is 3. The monoisotopic (exact) mass is 247 g/mol. The van der Waals surface area contributed by atoms with E-state index in [4.69, 9.17) is 0 Å². The van der Waals surface area contributed by atoms with E-state index >= 15 is 0 Å². The zero-order valence-corrected chi connectivity index (χ0v) is 10.1. The molecule has 0 aliphatic carbocycles. The highest BCUT2D eigenvalue weighted by molar-refractivity contribution is 7.89. The highest BCUT2D eigenvalue weighted by atomic mass is 32.2. The van der Waals surface area contributed by atoms with Gasteiger partial charge in [-0.05, 0) is 38.6 Å². The molecule has 0 aliphatic heterocycles. The number of hydrogen-bond acceptors (Lipinski definition) is 3. The Labute approximate surface area is 94.2 Å². The first-order chi connectivity index (χ1) is 7.18. The van der Waals surface area contributed by atoms with Crippen LogP contribution in [0.5, 0.6) is 0 Å². The number of benzene rings is 1. The summed E-state index contributed by atoms with van der Waals surface area (Å²) in [5, 5.41) is 9.63. The molecule has 0 bridgehead atoms. The third-order valence-corrected chi connectivity index (χ3v) is 3.64.